The Hall–Kier alpha value is -1.12. The van der Waals surface area contributed by atoms with Gasteiger partial charge in [-0.2, -0.15) is 0 Å². The summed E-state index contributed by atoms with van der Waals surface area (Å²) < 4.78 is 5.01. The molecule has 0 amide bonds. The van der Waals surface area contributed by atoms with Gasteiger partial charge in [-0.05, 0) is 17.2 Å². The van der Waals surface area contributed by atoms with Crippen molar-refractivity contribution in [2.24, 2.45) is 0 Å². The van der Waals surface area contributed by atoms with Gasteiger partial charge in [0.15, 0.2) is 0 Å². The van der Waals surface area contributed by atoms with Crippen LogP contribution in [-0.4, -0.2) is 18.8 Å². The zero-order chi connectivity index (χ0) is 9.52. The van der Waals surface area contributed by atoms with Crippen molar-refractivity contribution in [3.05, 3.63) is 41.5 Å². The van der Waals surface area contributed by atoms with Gasteiger partial charge in [-0.15, -0.1) is 0 Å². The van der Waals surface area contributed by atoms with Crippen molar-refractivity contribution in [3.63, 3.8) is 0 Å². The van der Waals surface area contributed by atoms with E-state index in [1.807, 2.05) is 30.3 Å². The van der Waals surface area contributed by atoms with Gasteiger partial charge in [0.2, 0.25) is 0 Å². The highest BCUT2D eigenvalue weighted by atomic mass is 16.5. The van der Waals surface area contributed by atoms with E-state index in [9.17, 15) is 0 Å². The van der Waals surface area contributed by atoms with E-state index < -0.39 is 0 Å². The molecule has 0 aliphatic rings. The SMILES string of the molecule is COCc1cccc(C=CCO)c1. The van der Waals surface area contributed by atoms with Gasteiger partial charge in [0.25, 0.3) is 0 Å². The first-order chi connectivity index (χ1) is 6.36. The van der Waals surface area contributed by atoms with Crippen LogP contribution in [0, 0.1) is 0 Å². The normalized spacial score (nSPS) is 10.9. The first-order valence-electron chi connectivity index (χ1n) is 4.22. The fourth-order valence-corrected chi connectivity index (χ4v) is 1.14. The van der Waals surface area contributed by atoms with E-state index in [2.05, 4.69) is 0 Å². The van der Waals surface area contributed by atoms with Crippen LogP contribution in [0.25, 0.3) is 6.08 Å². The molecule has 0 heterocycles. The lowest BCUT2D eigenvalue weighted by Crippen LogP contribution is -1.87. The Labute approximate surface area is 78.5 Å². The first kappa shape index (κ1) is 9.96. The molecule has 2 nitrogen and oxygen atoms in total. The van der Waals surface area contributed by atoms with Crippen molar-refractivity contribution in [2.75, 3.05) is 13.7 Å². The van der Waals surface area contributed by atoms with E-state index in [-0.39, 0.29) is 6.61 Å². The van der Waals surface area contributed by atoms with Crippen LogP contribution in [0.4, 0.5) is 0 Å². The molecule has 1 aromatic rings. The summed E-state index contributed by atoms with van der Waals surface area (Å²) in [5.74, 6) is 0. The number of aliphatic hydroxyl groups excluding tert-OH is 1. The van der Waals surface area contributed by atoms with Gasteiger partial charge in [-0.25, -0.2) is 0 Å². The lowest BCUT2D eigenvalue weighted by molar-refractivity contribution is 0.185. The van der Waals surface area contributed by atoms with Crippen LogP contribution >= 0.6 is 0 Å². The summed E-state index contributed by atoms with van der Waals surface area (Å²) in [5, 5.41) is 8.59. The van der Waals surface area contributed by atoms with Crippen LogP contribution in [0.3, 0.4) is 0 Å². The molecule has 70 valence electrons. The van der Waals surface area contributed by atoms with Gasteiger partial charge >= 0.3 is 0 Å². The summed E-state index contributed by atoms with van der Waals surface area (Å²) in [6.07, 6.45) is 3.60. The van der Waals surface area contributed by atoms with Gasteiger partial charge in [0.05, 0.1) is 13.2 Å². The number of ether oxygens (including phenoxy) is 1. The quantitative estimate of drug-likeness (QED) is 0.762. The first-order valence-corrected chi connectivity index (χ1v) is 4.22. The molecule has 0 saturated carbocycles. The molecule has 0 saturated heterocycles. The molecule has 2 heteroatoms. The highest BCUT2D eigenvalue weighted by molar-refractivity contribution is 5.50. The maximum atomic E-state index is 8.59. The molecule has 0 aromatic heterocycles. The average Bonchev–Trinajstić information content (AvgIpc) is 2.16. The average molecular weight is 178 g/mol. The molecule has 0 aliphatic carbocycles. The monoisotopic (exact) mass is 178 g/mol. The van der Waals surface area contributed by atoms with Crippen molar-refractivity contribution in [3.8, 4) is 0 Å². The Morgan fingerprint density at radius 3 is 3.00 bits per heavy atom. The molecule has 0 spiro atoms. The Morgan fingerprint density at radius 2 is 2.31 bits per heavy atom. The van der Waals surface area contributed by atoms with E-state index in [0.717, 1.165) is 11.1 Å². The lowest BCUT2D eigenvalue weighted by Gasteiger charge is -2.00. The number of methoxy groups -OCH3 is 1. The zero-order valence-corrected chi connectivity index (χ0v) is 7.73. The molecule has 13 heavy (non-hydrogen) atoms. The molecule has 0 fully saturated rings. The molecule has 1 aromatic carbocycles. The van der Waals surface area contributed by atoms with Crippen molar-refractivity contribution in [1.82, 2.24) is 0 Å². The molecular weight excluding hydrogens is 164 g/mol. The van der Waals surface area contributed by atoms with Crippen LogP contribution in [0.15, 0.2) is 30.3 Å². The standard InChI is InChI=1S/C11H14O2/c1-13-9-11-5-2-4-10(8-11)6-3-7-12/h2-6,8,12H,7,9H2,1H3. The van der Waals surface area contributed by atoms with Crippen LogP contribution < -0.4 is 0 Å². The van der Waals surface area contributed by atoms with Crippen molar-refractivity contribution in [1.29, 1.82) is 0 Å². The summed E-state index contributed by atoms with van der Waals surface area (Å²) >= 11 is 0. The topological polar surface area (TPSA) is 29.5 Å². The highest BCUT2D eigenvalue weighted by Crippen LogP contribution is 2.07. The summed E-state index contributed by atoms with van der Waals surface area (Å²) in [5.41, 5.74) is 2.23. The third kappa shape index (κ3) is 3.40. The Bertz CT molecular complexity index is 279. The van der Waals surface area contributed by atoms with E-state index in [1.165, 1.54) is 0 Å². The summed E-state index contributed by atoms with van der Waals surface area (Å²) in [6.45, 7) is 0.704. The maximum absolute atomic E-state index is 8.59. The van der Waals surface area contributed by atoms with Crippen LogP contribution in [0.2, 0.25) is 0 Å². The van der Waals surface area contributed by atoms with Gasteiger partial charge in [-0.3, -0.25) is 0 Å². The van der Waals surface area contributed by atoms with Gasteiger partial charge < -0.3 is 9.84 Å². The van der Waals surface area contributed by atoms with Crippen LogP contribution in [0.5, 0.6) is 0 Å². The summed E-state index contributed by atoms with van der Waals surface area (Å²) in [4.78, 5) is 0. The third-order valence-corrected chi connectivity index (χ3v) is 1.68. The second-order valence-corrected chi connectivity index (χ2v) is 2.76. The number of benzene rings is 1. The van der Waals surface area contributed by atoms with Crippen molar-refractivity contribution >= 4 is 6.08 Å². The van der Waals surface area contributed by atoms with Crippen LogP contribution in [-0.2, 0) is 11.3 Å². The summed E-state index contributed by atoms with van der Waals surface area (Å²) in [6, 6.07) is 8.02. The summed E-state index contributed by atoms with van der Waals surface area (Å²) in [7, 11) is 1.68. The van der Waals surface area contributed by atoms with Crippen molar-refractivity contribution in [2.45, 2.75) is 6.61 Å². The lowest BCUT2D eigenvalue weighted by atomic mass is 10.1. The Balaban J connectivity index is 2.73. The van der Waals surface area contributed by atoms with Gasteiger partial charge in [0, 0.05) is 7.11 Å². The minimum absolute atomic E-state index is 0.0779. The molecular formula is C11H14O2. The second-order valence-electron chi connectivity index (χ2n) is 2.76. The fourth-order valence-electron chi connectivity index (χ4n) is 1.14. The smallest absolute Gasteiger partial charge is 0.0713 e. The zero-order valence-electron chi connectivity index (χ0n) is 7.73. The molecule has 0 unspecified atom stereocenters. The number of hydrogen-bond acceptors (Lipinski definition) is 2. The third-order valence-electron chi connectivity index (χ3n) is 1.68. The Morgan fingerprint density at radius 1 is 1.46 bits per heavy atom. The molecule has 1 N–H and O–H groups in total. The number of rotatable bonds is 4. The van der Waals surface area contributed by atoms with Gasteiger partial charge in [0.1, 0.15) is 0 Å². The number of hydrogen-bond donors (Lipinski definition) is 1. The van der Waals surface area contributed by atoms with E-state index in [1.54, 1.807) is 13.2 Å². The molecule has 0 aliphatic heterocycles. The second kappa shape index (κ2) is 5.51. The largest absolute Gasteiger partial charge is 0.392 e. The van der Waals surface area contributed by atoms with Crippen molar-refractivity contribution < 1.29 is 9.84 Å². The minimum Gasteiger partial charge on any atom is -0.392 e. The Kier molecular flexibility index (Phi) is 4.23. The van der Waals surface area contributed by atoms with E-state index >= 15 is 0 Å². The highest BCUT2D eigenvalue weighted by Gasteiger charge is 1.91. The predicted molar refractivity (Wildman–Crippen MR) is 53.3 cm³/mol. The minimum atomic E-state index is 0.0779. The van der Waals surface area contributed by atoms with Gasteiger partial charge in [-0.1, -0.05) is 30.4 Å². The molecule has 0 bridgehead atoms. The molecule has 0 atom stereocenters. The fraction of sp³-hybridized carbons (Fsp3) is 0.273. The van der Waals surface area contributed by atoms with E-state index in [0.29, 0.717) is 6.61 Å². The molecule has 0 radical (unpaired) electrons. The van der Waals surface area contributed by atoms with E-state index in [4.69, 9.17) is 9.84 Å². The maximum Gasteiger partial charge on any atom is 0.0713 e. The molecule has 1 rings (SSSR count). The van der Waals surface area contributed by atoms with Crippen LogP contribution in [0.1, 0.15) is 11.1 Å². The predicted octanol–water partition coefficient (Wildman–Crippen LogP) is 1.84. The number of aliphatic hydroxyl groups is 1.